The number of aromatic nitrogens is 2. The van der Waals surface area contributed by atoms with E-state index in [2.05, 4.69) is 11.4 Å². The summed E-state index contributed by atoms with van der Waals surface area (Å²) in [5, 5.41) is 15.3. The Morgan fingerprint density at radius 3 is 2.97 bits per heavy atom. The Morgan fingerprint density at radius 1 is 1.43 bits per heavy atom. The average molecular weight is 463 g/mol. The number of nitriles is 1. The first-order valence-corrected chi connectivity index (χ1v) is 12.1. The molecule has 3 aromatic heterocycles. The molecular weight excluding hydrogens is 440 g/mol. The van der Waals surface area contributed by atoms with E-state index in [1.165, 1.54) is 34.4 Å². The number of fused-ring (bicyclic) bond motifs is 1. The molecule has 0 saturated heterocycles. The molecule has 0 spiro atoms. The van der Waals surface area contributed by atoms with Crippen molar-refractivity contribution < 1.29 is 9.53 Å². The number of hydrogen-bond donors (Lipinski definition) is 1. The molecule has 0 aliphatic rings. The van der Waals surface area contributed by atoms with Gasteiger partial charge in [-0.2, -0.15) is 5.26 Å². The van der Waals surface area contributed by atoms with Crippen molar-refractivity contribution in [2.45, 2.75) is 38.9 Å². The first-order chi connectivity index (χ1) is 14.5. The van der Waals surface area contributed by atoms with Crippen molar-refractivity contribution >= 4 is 55.6 Å². The first-order valence-electron chi connectivity index (χ1n) is 9.44. The molecule has 0 fully saturated rings. The van der Waals surface area contributed by atoms with Crippen molar-refractivity contribution in [2.75, 3.05) is 24.3 Å². The van der Waals surface area contributed by atoms with E-state index in [4.69, 9.17) is 15.0 Å². The summed E-state index contributed by atoms with van der Waals surface area (Å²) in [6.07, 6.45) is 0.684. The van der Waals surface area contributed by atoms with Crippen LogP contribution in [0.3, 0.4) is 0 Å². The van der Waals surface area contributed by atoms with Gasteiger partial charge in [0.15, 0.2) is 5.16 Å². The Morgan fingerprint density at radius 2 is 2.23 bits per heavy atom. The van der Waals surface area contributed by atoms with Crippen molar-refractivity contribution in [3.63, 3.8) is 0 Å². The van der Waals surface area contributed by atoms with E-state index >= 15 is 0 Å². The molecule has 1 amide bonds. The van der Waals surface area contributed by atoms with Crippen LogP contribution in [0.5, 0.6) is 0 Å². The summed E-state index contributed by atoms with van der Waals surface area (Å²) in [4.78, 5) is 32.0. The van der Waals surface area contributed by atoms with E-state index in [1.54, 1.807) is 16.0 Å². The molecule has 7 nitrogen and oxygen atoms in total. The smallest absolute Gasteiger partial charge is 0.263 e. The summed E-state index contributed by atoms with van der Waals surface area (Å²) >= 11 is 4.02. The molecule has 3 aromatic rings. The predicted molar refractivity (Wildman–Crippen MR) is 123 cm³/mol. The third kappa shape index (κ3) is 4.92. The summed E-state index contributed by atoms with van der Waals surface area (Å²) in [5.74, 6) is -0.150. The Bertz CT molecular complexity index is 1160. The van der Waals surface area contributed by atoms with Gasteiger partial charge in [-0.05, 0) is 44.2 Å². The second-order valence-electron chi connectivity index (χ2n) is 6.48. The maximum atomic E-state index is 13.2. The van der Waals surface area contributed by atoms with Crippen LogP contribution >= 0.6 is 34.4 Å². The number of amides is 1. The molecular formula is C20H22N4O3S3. The molecule has 0 aliphatic heterocycles. The third-order valence-corrected chi connectivity index (χ3v) is 7.41. The maximum Gasteiger partial charge on any atom is 0.263 e. The van der Waals surface area contributed by atoms with E-state index in [-0.39, 0.29) is 17.2 Å². The summed E-state index contributed by atoms with van der Waals surface area (Å²) in [7, 11) is 0. The second kappa shape index (κ2) is 10.2. The Kier molecular flexibility index (Phi) is 7.66. The van der Waals surface area contributed by atoms with Gasteiger partial charge < -0.3 is 10.1 Å². The number of ether oxygens (including phenoxy) is 1. The number of nitrogens with one attached hydrogen (secondary N) is 1. The molecule has 0 aliphatic carbocycles. The molecule has 3 rings (SSSR count). The van der Waals surface area contributed by atoms with Crippen LogP contribution in [-0.4, -0.2) is 34.4 Å². The molecule has 30 heavy (non-hydrogen) atoms. The highest BCUT2D eigenvalue weighted by atomic mass is 32.2. The van der Waals surface area contributed by atoms with Crippen LogP contribution in [0.4, 0.5) is 5.00 Å². The SMILES string of the molecule is CCOCCCn1c(SCC(=O)Nc2sccc2C#N)nc2sc(C)c(C)c2c1=O. The predicted octanol–water partition coefficient (Wildman–Crippen LogP) is 4.17. The van der Waals surface area contributed by atoms with Gasteiger partial charge in [0.2, 0.25) is 5.91 Å². The Balaban J connectivity index is 1.83. The van der Waals surface area contributed by atoms with Crippen molar-refractivity contribution in [2.24, 2.45) is 0 Å². The second-order valence-corrected chi connectivity index (χ2v) is 9.54. The summed E-state index contributed by atoms with van der Waals surface area (Å²) < 4.78 is 7.04. The molecule has 0 bridgehead atoms. The minimum atomic E-state index is -0.243. The van der Waals surface area contributed by atoms with E-state index in [1.807, 2.05) is 20.8 Å². The fourth-order valence-electron chi connectivity index (χ4n) is 2.87. The molecule has 0 radical (unpaired) electrons. The van der Waals surface area contributed by atoms with Crippen LogP contribution in [0.1, 0.15) is 29.3 Å². The highest BCUT2D eigenvalue weighted by Gasteiger charge is 2.18. The number of thiophene rings is 2. The average Bonchev–Trinajstić information content (AvgIpc) is 3.28. The highest BCUT2D eigenvalue weighted by molar-refractivity contribution is 7.99. The van der Waals surface area contributed by atoms with Crippen LogP contribution in [0, 0.1) is 25.2 Å². The maximum absolute atomic E-state index is 13.2. The molecule has 0 aromatic carbocycles. The Labute approximate surface area is 186 Å². The monoisotopic (exact) mass is 462 g/mol. The molecule has 10 heteroatoms. The standard InChI is InChI=1S/C20H22N4O3S3/c1-4-27-8-5-7-24-19(26)16-12(2)13(3)30-18(16)23-20(24)29-11-15(25)22-17-14(10-21)6-9-28-17/h6,9H,4-5,7-8,11H2,1-3H3,(H,22,25). The number of carbonyl (C=O) groups excluding carboxylic acids is 1. The number of nitrogens with zero attached hydrogens (tertiary/aromatic N) is 3. The summed E-state index contributed by atoms with van der Waals surface area (Å²) in [5.41, 5.74) is 1.32. The van der Waals surface area contributed by atoms with Crippen LogP contribution < -0.4 is 10.9 Å². The largest absolute Gasteiger partial charge is 0.382 e. The van der Waals surface area contributed by atoms with Gasteiger partial charge in [0, 0.05) is 24.6 Å². The van der Waals surface area contributed by atoms with Crippen LogP contribution in [-0.2, 0) is 16.1 Å². The van der Waals surface area contributed by atoms with Crippen LogP contribution in [0.25, 0.3) is 10.2 Å². The van der Waals surface area contributed by atoms with Gasteiger partial charge in [-0.1, -0.05) is 11.8 Å². The number of aryl methyl sites for hydroxylation is 2. The summed E-state index contributed by atoms with van der Waals surface area (Å²) in [6, 6.07) is 3.72. The number of thioether (sulfide) groups is 1. The first kappa shape index (κ1) is 22.5. The topological polar surface area (TPSA) is 97.0 Å². The van der Waals surface area contributed by atoms with Crippen molar-refractivity contribution in [3.05, 3.63) is 37.8 Å². The Hall–Kier alpha value is -2.19. The third-order valence-electron chi connectivity index (χ3n) is 4.50. The number of rotatable bonds is 9. The molecule has 0 saturated carbocycles. The normalized spacial score (nSPS) is 11.0. The van der Waals surface area contributed by atoms with Gasteiger partial charge in [-0.25, -0.2) is 4.98 Å². The van der Waals surface area contributed by atoms with E-state index in [9.17, 15) is 9.59 Å². The van der Waals surface area contributed by atoms with Crippen LogP contribution in [0.15, 0.2) is 21.4 Å². The fraction of sp³-hybridized carbons (Fsp3) is 0.400. The van der Waals surface area contributed by atoms with Gasteiger partial charge in [-0.3, -0.25) is 14.2 Å². The summed E-state index contributed by atoms with van der Waals surface area (Å²) in [6.45, 7) is 7.52. The van der Waals surface area contributed by atoms with E-state index in [0.717, 1.165) is 10.4 Å². The molecule has 1 N–H and O–H groups in total. The van der Waals surface area contributed by atoms with Crippen molar-refractivity contribution in [1.29, 1.82) is 5.26 Å². The molecule has 158 valence electrons. The fourth-order valence-corrected chi connectivity index (χ4v) is 5.52. The number of hydrogen-bond acceptors (Lipinski definition) is 8. The number of carbonyl (C=O) groups is 1. The van der Waals surface area contributed by atoms with E-state index < -0.39 is 0 Å². The minimum absolute atomic E-state index is 0.0775. The zero-order valence-corrected chi connectivity index (χ0v) is 19.4. The van der Waals surface area contributed by atoms with Gasteiger partial charge in [-0.15, -0.1) is 22.7 Å². The minimum Gasteiger partial charge on any atom is -0.382 e. The zero-order chi connectivity index (χ0) is 21.7. The quantitative estimate of drug-likeness (QED) is 0.291. The lowest BCUT2D eigenvalue weighted by atomic mass is 10.2. The lowest BCUT2D eigenvalue weighted by Crippen LogP contribution is -2.25. The molecule has 3 heterocycles. The molecule has 0 unspecified atom stereocenters. The van der Waals surface area contributed by atoms with Gasteiger partial charge in [0.1, 0.15) is 15.9 Å². The van der Waals surface area contributed by atoms with Crippen molar-refractivity contribution in [1.82, 2.24) is 9.55 Å². The van der Waals surface area contributed by atoms with Gasteiger partial charge in [0.25, 0.3) is 5.56 Å². The highest BCUT2D eigenvalue weighted by Crippen LogP contribution is 2.29. The lowest BCUT2D eigenvalue weighted by Gasteiger charge is -2.12. The van der Waals surface area contributed by atoms with Crippen molar-refractivity contribution in [3.8, 4) is 6.07 Å². The van der Waals surface area contributed by atoms with Gasteiger partial charge >= 0.3 is 0 Å². The lowest BCUT2D eigenvalue weighted by molar-refractivity contribution is -0.113. The molecule has 0 atom stereocenters. The zero-order valence-electron chi connectivity index (χ0n) is 17.0. The van der Waals surface area contributed by atoms with E-state index in [0.29, 0.717) is 52.1 Å². The van der Waals surface area contributed by atoms with Crippen LogP contribution in [0.2, 0.25) is 0 Å². The number of anilines is 1. The van der Waals surface area contributed by atoms with Gasteiger partial charge in [0.05, 0.1) is 16.7 Å².